The van der Waals surface area contributed by atoms with Crippen molar-refractivity contribution in [2.45, 2.75) is 0 Å². The summed E-state index contributed by atoms with van der Waals surface area (Å²) in [5.41, 5.74) is 4.26. The molecular weight excluding hydrogens is 244 g/mol. The highest BCUT2D eigenvalue weighted by atomic mass is 14.7. The molecule has 2 aromatic heterocycles. The predicted octanol–water partition coefficient (Wildman–Crippen LogP) is 3.87. The van der Waals surface area contributed by atoms with Crippen LogP contribution in [0.2, 0.25) is 0 Å². The van der Waals surface area contributed by atoms with Crippen LogP contribution in [0.25, 0.3) is 33.1 Å². The van der Waals surface area contributed by atoms with E-state index in [0.717, 1.165) is 22.3 Å². The predicted molar refractivity (Wildman–Crippen MR) is 81.2 cm³/mol. The molecule has 0 aliphatic heterocycles. The number of para-hydroxylation sites is 2. The average molecular weight is 257 g/mol. The van der Waals surface area contributed by atoms with Gasteiger partial charge in [0.05, 0.1) is 16.8 Å². The number of H-pyrrole nitrogens is 1. The normalized spacial score (nSPS) is 11.0. The summed E-state index contributed by atoms with van der Waals surface area (Å²) in [6.45, 7) is 0. The molecule has 0 aliphatic rings. The Morgan fingerprint density at radius 3 is 2.50 bits per heavy atom. The van der Waals surface area contributed by atoms with E-state index in [4.69, 9.17) is 4.98 Å². The molecule has 2 heteroatoms. The molecule has 0 aliphatic carbocycles. The van der Waals surface area contributed by atoms with Crippen LogP contribution in [0.15, 0.2) is 72.9 Å². The average Bonchev–Trinajstić information content (AvgIpc) is 2.54. The van der Waals surface area contributed by atoms with E-state index >= 15 is 0 Å². The van der Waals surface area contributed by atoms with Gasteiger partial charge < -0.3 is 0 Å². The Labute approximate surface area is 116 Å². The fourth-order valence-electron chi connectivity index (χ4n) is 2.49. The van der Waals surface area contributed by atoms with Gasteiger partial charge >= 0.3 is 0 Å². The molecule has 0 fully saturated rings. The summed E-state index contributed by atoms with van der Waals surface area (Å²) < 4.78 is 0. The molecule has 2 heterocycles. The van der Waals surface area contributed by atoms with E-state index in [0.29, 0.717) is 0 Å². The fourth-order valence-corrected chi connectivity index (χ4v) is 2.49. The molecule has 0 unspecified atom stereocenters. The van der Waals surface area contributed by atoms with Crippen molar-refractivity contribution in [3.05, 3.63) is 72.9 Å². The van der Waals surface area contributed by atoms with E-state index in [1.807, 2.05) is 36.5 Å². The first kappa shape index (κ1) is 11.1. The van der Waals surface area contributed by atoms with Gasteiger partial charge in [-0.3, -0.25) is 0 Å². The lowest BCUT2D eigenvalue weighted by Gasteiger charge is -2.02. The summed E-state index contributed by atoms with van der Waals surface area (Å²) in [7, 11) is 0. The lowest BCUT2D eigenvalue weighted by Crippen LogP contribution is -2.03. The Kier molecular flexibility index (Phi) is 2.46. The van der Waals surface area contributed by atoms with Gasteiger partial charge in [0.1, 0.15) is 0 Å². The molecule has 0 spiro atoms. The number of hydrogen-bond donors (Lipinski definition) is 0. The number of aromatic nitrogens is 2. The van der Waals surface area contributed by atoms with Gasteiger partial charge in [0.2, 0.25) is 5.52 Å². The van der Waals surface area contributed by atoms with Crippen molar-refractivity contribution in [2.24, 2.45) is 0 Å². The van der Waals surface area contributed by atoms with Gasteiger partial charge in [-0.05, 0) is 24.3 Å². The van der Waals surface area contributed by atoms with Crippen molar-refractivity contribution >= 4 is 21.8 Å². The van der Waals surface area contributed by atoms with E-state index in [-0.39, 0.29) is 0 Å². The molecule has 94 valence electrons. The zero-order valence-electron chi connectivity index (χ0n) is 10.9. The minimum absolute atomic E-state index is 0.991. The zero-order chi connectivity index (χ0) is 13.4. The summed E-state index contributed by atoms with van der Waals surface area (Å²) in [5.74, 6) is 0. The summed E-state index contributed by atoms with van der Waals surface area (Å²) in [4.78, 5) is 8.06. The number of nitrogens with one attached hydrogen (secondary N) is 1. The molecule has 4 rings (SSSR count). The van der Waals surface area contributed by atoms with Crippen molar-refractivity contribution in [3.63, 3.8) is 0 Å². The van der Waals surface area contributed by atoms with E-state index in [2.05, 4.69) is 41.4 Å². The van der Waals surface area contributed by atoms with Crippen LogP contribution in [-0.4, -0.2) is 4.98 Å². The molecule has 2 nitrogen and oxygen atoms in total. The number of rotatable bonds is 1. The summed E-state index contributed by atoms with van der Waals surface area (Å²) >= 11 is 0. The van der Waals surface area contributed by atoms with Crippen LogP contribution < -0.4 is 4.98 Å². The van der Waals surface area contributed by atoms with Gasteiger partial charge in [-0.15, -0.1) is 0 Å². The van der Waals surface area contributed by atoms with Crippen LogP contribution in [0.1, 0.15) is 0 Å². The molecule has 0 radical (unpaired) electrons. The highest BCUT2D eigenvalue weighted by molar-refractivity contribution is 5.83. The maximum atomic E-state index is 4.73. The van der Waals surface area contributed by atoms with Crippen LogP contribution in [0.5, 0.6) is 0 Å². The molecule has 0 amide bonds. The first-order chi connectivity index (χ1) is 9.90. The molecule has 0 atom stereocenters. The third-order valence-electron chi connectivity index (χ3n) is 3.55. The minimum Gasteiger partial charge on any atom is -0.248 e. The van der Waals surface area contributed by atoms with Gasteiger partial charge in [-0.2, -0.15) is 0 Å². The third kappa shape index (κ3) is 1.82. The number of aromatic amines is 1. The molecule has 20 heavy (non-hydrogen) atoms. The zero-order valence-corrected chi connectivity index (χ0v) is 10.9. The first-order valence-electron chi connectivity index (χ1n) is 6.67. The summed E-state index contributed by atoms with van der Waals surface area (Å²) in [6, 6.07) is 22.8. The van der Waals surface area contributed by atoms with E-state index in [9.17, 15) is 0 Å². The lowest BCUT2D eigenvalue weighted by molar-refractivity contribution is -0.343. The lowest BCUT2D eigenvalue weighted by atomic mass is 10.1. The number of fused-ring (bicyclic) bond motifs is 2. The topological polar surface area (TPSA) is 27.0 Å². The monoisotopic (exact) mass is 257 g/mol. The fraction of sp³-hybridized carbons (Fsp3) is 0. The molecule has 2 aromatic carbocycles. The van der Waals surface area contributed by atoms with Gasteiger partial charge in [-0.25, -0.2) is 9.97 Å². The number of pyridine rings is 2. The quantitative estimate of drug-likeness (QED) is 0.508. The molecule has 0 saturated heterocycles. The largest absolute Gasteiger partial charge is 0.248 e. The Balaban J connectivity index is 1.91. The number of nitrogens with zero attached hydrogens (tertiary/aromatic N) is 1. The maximum absolute atomic E-state index is 4.73. The SMILES string of the molecule is c1ccc2nc(-c3c[nH+]c4ccccc4c3)ccc2c1. The van der Waals surface area contributed by atoms with Crippen molar-refractivity contribution < 1.29 is 4.98 Å². The number of benzene rings is 2. The van der Waals surface area contributed by atoms with Crippen molar-refractivity contribution in [1.29, 1.82) is 0 Å². The maximum Gasteiger partial charge on any atom is 0.210 e. The van der Waals surface area contributed by atoms with Crippen molar-refractivity contribution in [1.82, 2.24) is 4.98 Å². The van der Waals surface area contributed by atoms with Gasteiger partial charge in [-0.1, -0.05) is 36.4 Å². The Morgan fingerprint density at radius 2 is 1.55 bits per heavy atom. The Hall–Kier alpha value is -2.74. The standard InChI is InChI=1S/C18H12N2/c1-4-8-17-13(5-1)9-10-18(20-17)15-11-14-6-2-3-7-16(14)19-12-15/h1-12H/p+1. The molecule has 0 saturated carbocycles. The van der Waals surface area contributed by atoms with E-state index in [1.165, 1.54) is 10.8 Å². The first-order valence-corrected chi connectivity index (χ1v) is 6.67. The van der Waals surface area contributed by atoms with Crippen molar-refractivity contribution in [3.8, 4) is 11.3 Å². The van der Waals surface area contributed by atoms with Crippen LogP contribution >= 0.6 is 0 Å². The molecule has 1 N–H and O–H groups in total. The second kappa shape index (κ2) is 4.42. The van der Waals surface area contributed by atoms with E-state index < -0.39 is 0 Å². The number of hydrogen-bond acceptors (Lipinski definition) is 1. The highest BCUT2D eigenvalue weighted by Gasteiger charge is 2.06. The highest BCUT2D eigenvalue weighted by Crippen LogP contribution is 2.22. The minimum atomic E-state index is 0.991. The molecular formula is C18H13N2+. The second-order valence-corrected chi connectivity index (χ2v) is 4.86. The van der Waals surface area contributed by atoms with Gasteiger partial charge in [0.25, 0.3) is 0 Å². The molecule has 0 bridgehead atoms. The van der Waals surface area contributed by atoms with E-state index in [1.54, 1.807) is 0 Å². The molecule has 4 aromatic rings. The van der Waals surface area contributed by atoms with Crippen molar-refractivity contribution in [2.75, 3.05) is 0 Å². The van der Waals surface area contributed by atoms with Crippen LogP contribution in [0.3, 0.4) is 0 Å². The Morgan fingerprint density at radius 1 is 0.750 bits per heavy atom. The second-order valence-electron chi connectivity index (χ2n) is 4.86. The Bertz CT molecular complexity index is 836. The third-order valence-corrected chi connectivity index (χ3v) is 3.55. The summed E-state index contributed by atoms with van der Waals surface area (Å²) in [6.07, 6.45) is 2.01. The van der Waals surface area contributed by atoms with Crippen LogP contribution in [0, 0.1) is 0 Å². The smallest absolute Gasteiger partial charge is 0.210 e. The van der Waals surface area contributed by atoms with Gasteiger partial charge in [0, 0.05) is 16.8 Å². The van der Waals surface area contributed by atoms with Crippen LogP contribution in [-0.2, 0) is 0 Å². The van der Waals surface area contributed by atoms with Gasteiger partial charge in [0.15, 0.2) is 6.20 Å². The summed E-state index contributed by atoms with van der Waals surface area (Å²) in [5, 5.41) is 2.36. The van der Waals surface area contributed by atoms with Crippen LogP contribution in [0.4, 0.5) is 0 Å².